The highest BCUT2D eigenvalue weighted by atomic mass is 32.2. The van der Waals surface area contributed by atoms with Crippen LogP contribution in [0.3, 0.4) is 0 Å². The maximum absolute atomic E-state index is 11.2. The molecule has 0 aliphatic heterocycles. The first kappa shape index (κ1) is 15.0. The molecular formula is C13H27NO2S. The van der Waals surface area contributed by atoms with E-state index >= 15 is 0 Å². The van der Waals surface area contributed by atoms with Crippen molar-refractivity contribution in [3.63, 3.8) is 0 Å². The average Bonchev–Trinajstić information content (AvgIpc) is 2.20. The summed E-state index contributed by atoms with van der Waals surface area (Å²) in [5, 5.41) is 0. The lowest BCUT2D eigenvalue weighted by atomic mass is 9.73. The van der Waals surface area contributed by atoms with Crippen molar-refractivity contribution in [2.45, 2.75) is 57.8 Å². The van der Waals surface area contributed by atoms with Gasteiger partial charge in [0, 0.05) is 12.0 Å². The van der Waals surface area contributed by atoms with Gasteiger partial charge in [0.1, 0.15) is 9.84 Å². The van der Waals surface area contributed by atoms with E-state index < -0.39 is 9.84 Å². The first-order valence-corrected chi connectivity index (χ1v) is 8.91. The molecule has 0 spiro atoms. The number of rotatable bonds is 5. The normalized spacial score (nSPS) is 21.8. The fourth-order valence-electron chi connectivity index (χ4n) is 2.92. The molecular weight excluding hydrogens is 234 g/mol. The summed E-state index contributed by atoms with van der Waals surface area (Å²) in [4.78, 5) is 0. The van der Waals surface area contributed by atoms with Crippen molar-refractivity contribution in [1.82, 2.24) is 0 Å². The molecule has 1 fully saturated rings. The smallest absolute Gasteiger partial charge is 0.147 e. The van der Waals surface area contributed by atoms with Crippen LogP contribution < -0.4 is 5.73 Å². The van der Waals surface area contributed by atoms with Gasteiger partial charge in [-0.2, -0.15) is 0 Å². The highest BCUT2D eigenvalue weighted by Crippen LogP contribution is 2.37. The second kappa shape index (κ2) is 6.74. The molecule has 2 N–H and O–H groups in total. The van der Waals surface area contributed by atoms with Gasteiger partial charge < -0.3 is 5.73 Å². The van der Waals surface area contributed by atoms with Crippen LogP contribution in [-0.2, 0) is 9.84 Å². The monoisotopic (exact) mass is 261 g/mol. The van der Waals surface area contributed by atoms with Crippen LogP contribution in [0.5, 0.6) is 0 Å². The van der Waals surface area contributed by atoms with Gasteiger partial charge in [0.05, 0.1) is 0 Å². The number of hydrogen-bond acceptors (Lipinski definition) is 3. The van der Waals surface area contributed by atoms with E-state index in [1.165, 1.54) is 51.2 Å². The van der Waals surface area contributed by atoms with Crippen LogP contribution in [0, 0.1) is 5.41 Å². The number of nitrogens with two attached hydrogens (primary N) is 1. The third kappa shape index (κ3) is 5.87. The summed E-state index contributed by atoms with van der Waals surface area (Å²) >= 11 is 0. The molecule has 0 aromatic carbocycles. The largest absolute Gasteiger partial charge is 0.330 e. The summed E-state index contributed by atoms with van der Waals surface area (Å²) in [6.45, 7) is 0.719. The van der Waals surface area contributed by atoms with E-state index in [9.17, 15) is 8.42 Å². The van der Waals surface area contributed by atoms with Gasteiger partial charge >= 0.3 is 0 Å². The Hall–Kier alpha value is -0.0900. The first-order chi connectivity index (χ1) is 7.97. The molecule has 17 heavy (non-hydrogen) atoms. The van der Waals surface area contributed by atoms with Gasteiger partial charge in [-0.05, 0) is 37.6 Å². The first-order valence-electron chi connectivity index (χ1n) is 6.85. The van der Waals surface area contributed by atoms with Crippen LogP contribution in [0.25, 0.3) is 0 Å². The molecule has 0 aromatic heterocycles. The fourth-order valence-corrected chi connectivity index (χ4v) is 3.59. The SMILES string of the molecule is CS(=O)(=O)CCCC1(CN)CCCCCCC1. The predicted octanol–water partition coefficient (Wildman–Crippen LogP) is 2.50. The molecule has 0 unspecified atom stereocenters. The van der Waals surface area contributed by atoms with Crippen molar-refractivity contribution in [1.29, 1.82) is 0 Å². The zero-order valence-electron chi connectivity index (χ0n) is 11.1. The molecule has 102 valence electrons. The van der Waals surface area contributed by atoms with E-state index in [4.69, 9.17) is 5.73 Å². The summed E-state index contributed by atoms with van der Waals surface area (Å²) < 4.78 is 22.3. The Kier molecular flexibility index (Phi) is 5.93. The van der Waals surface area contributed by atoms with Crippen LogP contribution in [0.1, 0.15) is 57.8 Å². The van der Waals surface area contributed by atoms with Crippen LogP contribution >= 0.6 is 0 Å². The molecule has 1 rings (SSSR count). The highest BCUT2D eigenvalue weighted by Gasteiger charge is 2.28. The Bertz CT molecular complexity index is 303. The molecule has 0 radical (unpaired) electrons. The summed E-state index contributed by atoms with van der Waals surface area (Å²) in [5.41, 5.74) is 6.19. The van der Waals surface area contributed by atoms with Crippen molar-refractivity contribution >= 4 is 9.84 Å². The van der Waals surface area contributed by atoms with E-state index in [-0.39, 0.29) is 5.41 Å². The zero-order chi connectivity index (χ0) is 12.8. The Morgan fingerprint density at radius 1 is 1.06 bits per heavy atom. The lowest BCUT2D eigenvalue weighted by molar-refractivity contribution is 0.199. The molecule has 0 amide bonds. The standard InChI is InChI=1S/C13H27NO2S/c1-17(15,16)11-7-10-13(12-14)8-5-3-2-4-6-9-13/h2-12,14H2,1H3. The minimum Gasteiger partial charge on any atom is -0.330 e. The van der Waals surface area contributed by atoms with E-state index in [1.807, 2.05) is 0 Å². The van der Waals surface area contributed by atoms with Gasteiger partial charge in [0.25, 0.3) is 0 Å². The molecule has 0 aromatic rings. The van der Waals surface area contributed by atoms with Crippen LogP contribution in [0.2, 0.25) is 0 Å². The second-order valence-electron chi connectivity index (χ2n) is 5.71. The highest BCUT2D eigenvalue weighted by molar-refractivity contribution is 7.90. The maximum atomic E-state index is 11.2. The van der Waals surface area contributed by atoms with Crippen LogP contribution in [0.15, 0.2) is 0 Å². The molecule has 0 heterocycles. The zero-order valence-corrected chi connectivity index (χ0v) is 11.9. The van der Waals surface area contributed by atoms with Crippen molar-refractivity contribution in [3.05, 3.63) is 0 Å². The number of hydrogen-bond donors (Lipinski definition) is 1. The number of sulfone groups is 1. The van der Waals surface area contributed by atoms with E-state index in [0.717, 1.165) is 19.4 Å². The lowest BCUT2D eigenvalue weighted by Gasteiger charge is -2.34. The van der Waals surface area contributed by atoms with Gasteiger partial charge in [-0.1, -0.05) is 32.1 Å². The molecule has 1 aliphatic carbocycles. The molecule has 4 heteroatoms. The molecule has 3 nitrogen and oxygen atoms in total. The lowest BCUT2D eigenvalue weighted by Crippen LogP contribution is -2.32. The summed E-state index contributed by atoms with van der Waals surface area (Å²) in [5.74, 6) is 0.314. The Morgan fingerprint density at radius 2 is 1.59 bits per heavy atom. The summed E-state index contributed by atoms with van der Waals surface area (Å²) in [6.07, 6.45) is 11.9. The quantitative estimate of drug-likeness (QED) is 0.827. The third-order valence-corrected chi connectivity index (χ3v) is 5.10. The van der Waals surface area contributed by atoms with Crippen molar-refractivity contribution in [3.8, 4) is 0 Å². The van der Waals surface area contributed by atoms with E-state index in [1.54, 1.807) is 0 Å². The predicted molar refractivity (Wildman–Crippen MR) is 72.8 cm³/mol. The van der Waals surface area contributed by atoms with Gasteiger partial charge in [-0.15, -0.1) is 0 Å². The fraction of sp³-hybridized carbons (Fsp3) is 1.00. The molecule has 0 saturated heterocycles. The maximum Gasteiger partial charge on any atom is 0.147 e. The van der Waals surface area contributed by atoms with Gasteiger partial charge in [0.15, 0.2) is 0 Å². The Labute approximate surface area is 106 Å². The van der Waals surface area contributed by atoms with Gasteiger partial charge in [-0.3, -0.25) is 0 Å². The van der Waals surface area contributed by atoms with Gasteiger partial charge in [-0.25, -0.2) is 8.42 Å². The second-order valence-corrected chi connectivity index (χ2v) is 7.97. The van der Waals surface area contributed by atoms with Crippen molar-refractivity contribution in [2.75, 3.05) is 18.6 Å². The van der Waals surface area contributed by atoms with Crippen molar-refractivity contribution in [2.24, 2.45) is 11.1 Å². The molecule has 0 bridgehead atoms. The molecule has 1 saturated carbocycles. The minimum atomic E-state index is -2.82. The van der Waals surface area contributed by atoms with Gasteiger partial charge in [0.2, 0.25) is 0 Å². The Balaban J connectivity index is 2.47. The van der Waals surface area contributed by atoms with Crippen LogP contribution in [-0.4, -0.2) is 27.0 Å². The van der Waals surface area contributed by atoms with E-state index in [0.29, 0.717) is 5.75 Å². The minimum absolute atomic E-state index is 0.227. The third-order valence-electron chi connectivity index (χ3n) is 4.07. The van der Waals surface area contributed by atoms with E-state index in [2.05, 4.69) is 0 Å². The average molecular weight is 261 g/mol. The van der Waals surface area contributed by atoms with Crippen molar-refractivity contribution < 1.29 is 8.42 Å². The molecule has 1 aliphatic rings. The topological polar surface area (TPSA) is 60.2 Å². The summed E-state index contributed by atoms with van der Waals surface area (Å²) in [6, 6.07) is 0. The summed E-state index contributed by atoms with van der Waals surface area (Å²) in [7, 11) is -2.82. The van der Waals surface area contributed by atoms with Crippen LogP contribution in [0.4, 0.5) is 0 Å². The molecule has 0 atom stereocenters. The Morgan fingerprint density at radius 3 is 2.06 bits per heavy atom.